The van der Waals surface area contributed by atoms with E-state index in [-0.39, 0.29) is 6.04 Å². The highest BCUT2D eigenvalue weighted by atomic mass is 16.5. The van der Waals surface area contributed by atoms with Gasteiger partial charge < -0.3 is 10.1 Å². The second kappa shape index (κ2) is 7.84. The van der Waals surface area contributed by atoms with Gasteiger partial charge in [-0.1, -0.05) is 48.9 Å². The number of ether oxygens (including phenoxy) is 1. The van der Waals surface area contributed by atoms with Crippen LogP contribution in [0.2, 0.25) is 0 Å². The summed E-state index contributed by atoms with van der Waals surface area (Å²) in [4.78, 5) is 0. The fourth-order valence-corrected chi connectivity index (χ4v) is 2.49. The lowest BCUT2D eigenvalue weighted by atomic mass is 9.97. The van der Waals surface area contributed by atoms with Crippen LogP contribution in [-0.2, 0) is 0 Å². The fourth-order valence-electron chi connectivity index (χ4n) is 2.49. The van der Waals surface area contributed by atoms with E-state index >= 15 is 0 Å². The molecule has 0 heterocycles. The van der Waals surface area contributed by atoms with Crippen LogP contribution in [0.5, 0.6) is 5.75 Å². The molecular formula is C19H25NO. The Hall–Kier alpha value is -1.80. The van der Waals surface area contributed by atoms with Gasteiger partial charge in [-0.25, -0.2) is 0 Å². The monoisotopic (exact) mass is 283 g/mol. The zero-order valence-corrected chi connectivity index (χ0v) is 13.2. The van der Waals surface area contributed by atoms with Gasteiger partial charge in [0, 0.05) is 0 Å². The Labute approximate surface area is 128 Å². The molecule has 2 aromatic carbocycles. The highest BCUT2D eigenvalue weighted by molar-refractivity contribution is 5.36. The Balaban J connectivity index is 2.26. The summed E-state index contributed by atoms with van der Waals surface area (Å²) in [7, 11) is 0. The van der Waals surface area contributed by atoms with Crippen molar-refractivity contribution < 1.29 is 4.74 Å². The van der Waals surface area contributed by atoms with Gasteiger partial charge in [0.25, 0.3) is 0 Å². The van der Waals surface area contributed by atoms with Crippen LogP contribution in [0.4, 0.5) is 0 Å². The molecule has 2 rings (SSSR count). The number of hydrogen-bond donors (Lipinski definition) is 1. The van der Waals surface area contributed by atoms with Gasteiger partial charge in [-0.05, 0) is 50.1 Å². The second-order valence-electron chi connectivity index (χ2n) is 5.30. The zero-order chi connectivity index (χ0) is 15.1. The van der Waals surface area contributed by atoms with Crippen molar-refractivity contribution in [2.45, 2.75) is 33.2 Å². The first-order valence-corrected chi connectivity index (χ1v) is 7.77. The van der Waals surface area contributed by atoms with Crippen LogP contribution in [0.3, 0.4) is 0 Å². The lowest BCUT2D eigenvalue weighted by molar-refractivity contribution is 0.340. The van der Waals surface area contributed by atoms with E-state index in [4.69, 9.17) is 4.74 Å². The Morgan fingerprint density at radius 2 is 1.76 bits per heavy atom. The van der Waals surface area contributed by atoms with Crippen molar-refractivity contribution in [2.75, 3.05) is 13.2 Å². The summed E-state index contributed by atoms with van der Waals surface area (Å²) in [5.41, 5.74) is 3.88. The molecule has 0 aromatic heterocycles. The highest BCUT2D eigenvalue weighted by Gasteiger charge is 2.13. The Morgan fingerprint density at radius 1 is 1.00 bits per heavy atom. The first kappa shape index (κ1) is 15.6. The molecule has 1 N–H and O–H groups in total. The first-order chi connectivity index (χ1) is 10.2. The van der Waals surface area contributed by atoms with E-state index in [0.29, 0.717) is 6.61 Å². The fraction of sp³-hybridized carbons (Fsp3) is 0.368. The lowest BCUT2D eigenvalue weighted by Crippen LogP contribution is -2.23. The molecule has 21 heavy (non-hydrogen) atoms. The van der Waals surface area contributed by atoms with Gasteiger partial charge in [-0.3, -0.25) is 0 Å². The van der Waals surface area contributed by atoms with Crippen molar-refractivity contribution in [2.24, 2.45) is 0 Å². The van der Waals surface area contributed by atoms with Gasteiger partial charge in [0.1, 0.15) is 5.75 Å². The first-order valence-electron chi connectivity index (χ1n) is 7.77. The number of benzene rings is 2. The molecule has 2 nitrogen and oxygen atoms in total. The zero-order valence-electron chi connectivity index (χ0n) is 13.2. The molecule has 0 amide bonds. The topological polar surface area (TPSA) is 21.3 Å². The van der Waals surface area contributed by atoms with Gasteiger partial charge in [0.15, 0.2) is 0 Å². The smallest absolute Gasteiger partial charge is 0.119 e. The van der Waals surface area contributed by atoms with Crippen molar-refractivity contribution in [3.05, 3.63) is 65.2 Å². The molecule has 112 valence electrons. The van der Waals surface area contributed by atoms with Gasteiger partial charge in [-0.2, -0.15) is 0 Å². The minimum Gasteiger partial charge on any atom is -0.494 e. The summed E-state index contributed by atoms with van der Waals surface area (Å²) in [5.74, 6) is 0.930. The molecule has 0 bridgehead atoms. The van der Waals surface area contributed by atoms with Crippen LogP contribution in [0.25, 0.3) is 0 Å². The normalized spacial score (nSPS) is 12.1. The Kier molecular flexibility index (Phi) is 5.82. The lowest BCUT2D eigenvalue weighted by Gasteiger charge is -2.20. The van der Waals surface area contributed by atoms with Crippen LogP contribution < -0.4 is 10.1 Å². The molecule has 1 atom stereocenters. The minimum absolute atomic E-state index is 0.237. The van der Waals surface area contributed by atoms with Crippen molar-refractivity contribution in [1.29, 1.82) is 0 Å². The average molecular weight is 283 g/mol. The molecular weight excluding hydrogens is 258 g/mol. The van der Waals surface area contributed by atoms with Crippen molar-refractivity contribution in [3.63, 3.8) is 0 Å². The standard InChI is InChI=1S/C19H25NO/c1-4-13-20-19(17-8-6-7-15(3)14-17)16-9-11-18(12-10-16)21-5-2/h6-12,14,19-20H,4-5,13H2,1-3H3. The Morgan fingerprint density at radius 3 is 2.38 bits per heavy atom. The van der Waals surface area contributed by atoms with E-state index in [2.05, 4.69) is 67.7 Å². The quantitative estimate of drug-likeness (QED) is 0.808. The van der Waals surface area contributed by atoms with Gasteiger partial charge in [-0.15, -0.1) is 0 Å². The van der Waals surface area contributed by atoms with Crippen molar-refractivity contribution in [1.82, 2.24) is 5.32 Å². The number of rotatable bonds is 7. The molecule has 0 aliphatic rings. The number of aryl methyl sites for hydroxylation is 1. The van der Waals surface area contributed by atoms with Crippen LogP contribution in [0, 0.1) is 6.92 Å². The predicted molar refractivity (Wildman–Crippen MR) is 88.9 cm³/mol. The van der Waals surface area contributed by atoms with Crippen LogP contribution >= 0.6 is 0 Å². The molecule has 1 unspecified atom stereocenters. The maximum atomic E-state index is 5.53. The third kappa shape index (κ3) is 4.33. The third-order valence-corrected chi connectivity index (χ3v) is 3.50. The number of nitrogens with one attached hydrogen (secondary N) is 1. The molecule has 0 saturated heterocycles. The van der Waals surface area contributed by atoms with E-state index in [1.54, 1.807) is 0 Å². The largest absolute Gasteiger partial charge is 0.494 e. The molecule has 0 radical (unpaired) electrons. The van der Waals surface area contributed by atoms with E-state index in [9.17, 15) is 0 Å². The van der Waals surface area contributed by atoms with Crippen molar-refractivity contribution >= 4 is 0 Å². The third-order valence-electron chi connectivity index (χ3n) is 3.50. The summed E-state index contributed by atoms with van der Waals surface area (Å²) in [6.45, 7) is 8.05. The van der Waals surface area contributed by atoms with E-state index in [1.165, 1.54) is 16.7 Å². The highest BCUT2D eigenvalue weighted by Crippen LogP contribution is 2.25. The molecule has 0 spiro atoms. The Bertz CT molecular complexity index is 548. The van der Waals surface area contributed by atoms with E-state index in [1.807, 2.05) is 6.92 Å². The molecule has 0 saturated carbocycles. The molecule has 0 aliphatic carbocycles. The van der Waals surface area contributed by atoms with Crippen LogP contribution in [0.15, 0.2) is 48.5 Å². The number of hydrogen-bond acceptors (Lipinski definition) is 2. The SMILES string of the molecule is CCCNC(c1ccc(OCC)cc1)c1cccc(C)c1. The summed E-state index contributed by atoms with van der Waals surface area (Å²) >= 11 is 0. The van der Waals surface area contributed by atoms with Crippen molar-refractivity contribution in [3.8, 4) is 5.75 Å². The summed E-state index contributed by atoms with van der Waals surface area (Å²) < 4.78 is 5.53. The predicted octanol–water partition coefficient (Wildman–Crippen LogP) is 4.48. The maximum absolute atomic E-state index is 5.53. The maximum Gasteiger partial charge on any atom is 0.119 e. The summed E-state index contributed by atoms with van der Waals surface area (Å²) in [6.07, 6.45) is 1.12. The summed E-state index contributed by atoms with van der Waals surface area (Å²) in [6, 6.07) is 17.4. The van der Waals surface area contributed by atoms with E-state index < -0.39 is 0 Å². The van der Waals surface area contributed by atoms with Gasteiger partial charge in [0.2, 0.25) is 0 Å². The summed E-state index contributed by atoms with van der Waals surface area (Å²) in [5, 5.41) is 3.64. The van der Waals surface area contributed by atoms with Crippen LogP contribution in [0.1, 0.15) is 43.0 Å². The molecule has 0 fully saturated rings. The molecule has 2 aromatic rings. The minimum atomic E-state index is 0.237. The van der Waals surface area contributed by atoms with E-state index in [0.717, 1.165) is 18.7 Å². The molecule has 2 heteroatoms. The average Bonchev–Trinajstić information content (AvgIpc) is 2.50. The van der Waals surface area contributed by atoms with Crippen LogP contribution in [-0.4, -0.2) is 13.2 Å². The van der Waals surface area contributed by atoms with Gasteiger partial charge in [0.05, 0.1) is 12.6 Å². The van der Waals surface area contributed by atoms with Gasteiger partial charge >= 0.3 is 0 Å². The second-order valence-corrected chi connectivity index (χ2v) is 5.30. The molecule has 0 aliphatic heterocycles.